The third-order valence-corrected chi connectivity index (χ3v) is 4.15. The van der Waals surface area contributed by atoms with Crippen LogP contribution in [0.25, 0.3) is 6.08 Å². The summed E-state index contributed by atoms with van der Waals surface area (Å²) < 4.78 is 0. The molecule has 1 amide bonds. The molecule has 0 aromatic heterocycles. The van der Waals surface area contributed by atoms with Crippen LogP contribution in [0.15, 0.2) is 53.2 Å². The molecule has 8 heteroatoms. The highest BCUT2D eigenvalue weighted by Gasteiger charge is 2.23. The summed E-state index contributed by atoms with van der Waals surface area (Å²) in [5.41, 5.74) is 2.28. The summed E-state index contributed by atoms with van der Waals surface area (Å²) in [6.45, 7) is 0. The Morgan fingerprint density at radius 1 is 1.19 bits per heavy atom. The van der Waals surface area contributed by atoms with E-state index in [0.29, 0.717) is 5.56 Å². The largest absolute Gasteiger partial charge is 0.378 e. The molecule has 0 unspecified atom stereocenters. The van der Waals surface area contributed by atoms with E-state index >= 15 is 0 Å². The van der Waals surface area contributed by atoms with E-state index in [1.807, 2.05) is 43.3 Å². The van der Waals surface area contributed by atoms with Crippen molar-refractivity contribution in [2.75, 3.05) is 19.0 Å². The smallest absolute Gasteiger partial charge is 0.288 e. The van der Waals surface area contributed by atoms with Gasteiger partial charge in [-0.25, -0.2) is 4.99 Å². The van der Waals surface area contributed by atoms with Gasteiger partial charge in [-0.2, -0.15) is 0 Å². The first kappa shape index (κ1) is 17.6. The molecule has 26 heavy (non-hydrogen) atoms. The number of nitro benzene ring substituents is 1. The zero-order valence-corrected chi connectivity index (χ0v) is 14.8. The van der Waals surface area contributed by atoms with Crippen LogP contribution in [0.4, 0.5) is 11.4 Å². The third kappa shape index (κ3) is 3.57. The number of hydrogen-bond acceptors (Lipinski definition) is 5. The normalized spacial score (nSPS) is 15.0. The molecular formula is C18H15ClN4O3. The van der Waals surface area contributed by atoms with Crippen molar-refractivity contribution in [3.8, 4) is 0 Å². The number of carbonyl (C=O) groups is 1. The molecule has 0 spiro atoms. The summed E-state index contributed by atoms with van der Waals surface area (Å²) in [6, 6.07) is 11.9. The number of anilines is 1. The zero-order chi connectivity index (χ0) is 18.8. The molecule has 1 aliphatic rings. The van der Waals surface area contributed by atoms with Crippen LogP contribution >= 0.6 is 11.6 Å². The van der Waals surface area contributed by atoms with Gasteiger partial charge in [0.25, 0.3) is 11.6 Å². The highest BCUT2D eigenvalue weighted by atomic mass is 35.5. The van der Waals surface area contributed by atoms with Gasteiger partial charge in [0.2, 0.25) is 0 Å². The minimum absolute atomic E-state index is 0.0282. The Bertz CT molecular complexity index is 949. The fraction of sp³-hybridized carbons (Fsp3) is 0.111. The van der Waals surface area contributed by atoms with E-state index in [2.05, 4.69) is 10.3 Å². The van der Waals surface area contributed by atoms with Crippen molar-refractivity contribution in [3.63, 3.8) is 0 Å². The van der Waals surface area contributed by atoms with E-state index in [-0.39, 0.29) is 28.1 Å². The molecule has 1 N–H and O–H groups in total. The number of amides is 1. The van der Waals surface area contributed by atoms with Gasteiger partial charge in [-0.1, -0.05) is 23.7 Å². The molecule has 0 saturated carbocycles. The predicted octanol–water partition coefficient (Wildman–Crippen LogP) is 3.23. The lowest BCUT2D eigenvalue weighted by Gasteiger charge is -2.11. The second-order valence-corrected chi connectivity index (χ2v) is 6.26. The number of nitrogens with zero attached hydrogens (tertiary/aromatic N) is 3. The average Bonchev–Trinajstić information content (AvgIpc) is 2.96. The number of nitro groups is 1. The summed E-state index contributed by atoms with van der Waals surface area (Å²) in [4.78, 5) is 28.8. The van der Waals surface area contributed by atoms with Crippen LogP contribution in [0.2, 0.25) is 5.02 Å². The van der Waals surface area contributed by atoms with E-state index in [0.717, 1.165) is 11.3 Å². The zero-order valence-electron chi connectivity index (χ0n) is 14.1. The molecule has 2 aromatic carbocycles. The molecule has 0 saturated heterocycles. The Morgan fingerprint density at radius 2 is 1.88 bits per heavy atom. The Morgan fingerprint density at radius 3 is 2.50 bits per heavy atom. The minimum Gasteiger partial charge on any atom is -0.378 e. The lowest BCUT2D eigenvalue weighted by molar-refractivity contribution is -0.384. The van der Waals surface area contributed by atoms with Crippen LogP contribution in [0, 0.1) is 10.1 Å². The molecule has 1 heterocycles. The number of carbonyl (C=O) groups excluding carboxylic acids is 1. The molecule has 132 valence electrons. The van der Waals surface area contributed by atoms with Crippen molar-refractivity contribution in [2.24, 2.45) is 4.99 Å². The van der Waals surface area contributed by atoms with E-state index < -0.39 is 4.92 Å². The van der Waals surface area contributed by atoms with Gasteiger partial charge in [-0.3, -0.25) is 14.9 Å². The molecule has 2 aromatic rings. The van der Waals surface area contributed by atoms with Crippen LogP contribution in [0.5, 0.6) is 0 Å². The van der Waals surface area contributed by atoms with Crippen molar-refractivity contribution >= 4 is 40.8 Å². The maximum absolute atomic E-state index is 12.2. The molecular weight excluding hydrogens is 356 g/mol. The summed E-state index contributed by atoms with van der Waals surface area (Å²) in [7, 11) is 3.89. The quantitative estimate of drug-likeness (QED) is 0.508. The van der Waals surface area contributed by atoms with Gasteiger partial charge in [0.1, 0.15) is 16.6 Å². The first-order chi connectivity index (χ1) is 12.3. The summed E-state index contributed by atoms with van der Waals surface area (Å²) in [6.07, 6.45) is 1.66. The fourth-order valence-corrected chi connectivity index (χ4v) is 2.62. The fourth-order valence-electron chi connectivity index (χ4n) is 2.43. The first-order valence-electron chi connectivity index (χ1n) is 7.68. The second-order valence-electron chi connectivity index (χ2n) is 5.85. The van der Waals surface area contributed by atoms with Gasteiger partial charge in [0.05, 0.1) is 4.92 Å². The molecule has 0 aliphatic carbocycles. The van der Waals surface area contributed by atoms with Gasteiger partial charge in [-0.15, -0.1) is 0 Å². The van der Waals surface area contributed by atoms with E-state index in [1.165, 1.54) is 12.1 Å². The summed E-state index contributed by atoms with van der Waals surface area (Å²) >= 11 is 5.81. The number of halogens is 1. The van der Waals surface area contributed by atoms with Crippen molar-refractivity contribution in [1.82, 2.24) is 5.32 Å². The van der Waals surface area contributed by atoms with Crippen molar-refractivity contribution in [2.45, 2.75) is 0 Å². The van der Waals surface area contributed by atoms with E-state index in [9.17, 15) is 14.9 Å². The Kier molecular flexibility index (Phi) is 4.73. The molecule has 0 atom stereocenters. The maximum Gasteiger partial charge on any atom is 0.288 e. The van der Waals surface area contributed by atoms with Crippen LogP contribution in [-0.2, 0) is 4.79 Å². The molecule has 1 aliphatic heterocycles. The molecule has 0 bridgehead atoms. The van der Waals surface area contributed by atoms with Gasteiger partial charge < -0.3 is 10.2 Å². The summed E-state index contributed by atoms with van der Waals surface area (Å²) in [5.74, 6) is -0.111. The predicted molar refractivity (Wildman–Crippen MR) is 102 cm³/mol. The van der Waals surface area contributed by atoms with E-state index in [1.54, 1.807) is 12.1 Å². The Labute approximate surface area is 154 Å². The van der Waals surface area contributed by atoms with E-state index in [4.69, 9.17) is 11.6 Å². The lowest BCUT2D eigenvalue weighted by Crippen LogP contribution is -2.24. The molecule has 3 rings (SSSR count). The molecule has 0 fully saturated rings. The van der Waals surface area contributed by atoms with Crippen LogP contribution in [0.3, 0.4) is 0 Å². The van der Waals surface area contributed by atoms with Gasteiger partial charge in [-0.05, 0) is 35.9 Å². The SMILES string of the molecule is CN(C)c1ccc(/C=C2/N=C(c3ccc(Cl)c([N+](=O)[O-])c3)NC2=O)cc1. The Hall–Kier alpha value is -3.19. The molecule has 7 nitrogen and oxygen atoms in total. The first-order valence-corrected chi connectivity index (χ1v) is 8.06. The topological polar surface area (TPSA) is 87.8 Å². The third-order valence-electron chi connectivity index (χ3n) is 3.83. The van der Waals surface area contributed by atoms with Crippen molar-refractivity contribution in [3.05, 3.63) is 74.4 Å². The minimum atomic E-state index is -0.577. The standard InChI is InChI=1S/C18H15ClN4O3/c1-22(2)13-6-3-11(4-7-13)9-15-18(24)21-17(20-15)12-5-8-14(19)16(10-12)23(25)26/h3-10H,1-2H3,(H,20,21,24)/b15-9+. The number of nitrogens with one attached hydrogen (secondary N) is 1. The number of aliphatic imine (C=N–C) groups is 1. The average molecular weight is 371 g/mol. The van der Waals surface area contributed by atoms with Crippen LogP contribution < -0.4 is 10.2 Å². The van der Waals surface area contributed by atoms with Crippen molar-refractivity contribution < 1.29 is 9.72 Å². The summed E-state index contributed by atoms with van der Waals surface area (Å²) in [5, 5.41) is 13.7. The number of rotatable bonds is 4. The molecule has 0 radical (unpaired) electrons. The monoisotopic (exact) mass is 370 g/mol. The Balaban J connectivity index is 1.91. The number of benzene rings is 2. The van der Waals surface area contributed by atoms with Crippen LogP contribution in [-0.4, -0.2) is 30.8 Å². The second kappa shape index (κ2) is 6.97. The van der Waals surface area contributed by atoms with Crippen molar-refractivity contribution in [1.29, 1.82) is 0 Å². The van der Waals surface area contributed by atoms with Gasteiger partial charge in [0, 0.05) is 31.4 Å². The van der Waals surface area contributed by atoms with Crippen LogP contribution in [0.1, 0.15) is 11.1 Å². The lowest BCUT2D eigenvalue weighted by atomic mass is 10.1. The van der Waals surface area contributed by atoms with Gasteiger partial charge >= 0.3 is 0 Å². The number of hydrogen-bond donors (Lipinski definition) is 1. The highest BCUT2D eigenvalue weighted by Crippen LogP contribution is 2.26. The maximum atomic E-state index is 12.2. The van der Waals surface area contributed by atoms with Gasteiger partial charge in [0.15, 0.2) is 0 Å². The highest BCUT2D eigenvalue weighted by molar-refractivity contribution is 6.33. The number of amidine groups is 1.